The predicted octanol–water partition coefficient (Wildman–Crippen LogP) is 5.30. The first kappa shape index (κ1) is 23.6. The smallest absolute Gasteiger partial charge is 0.245 e. The summed E-state index contributed by atoms with van der Waals surface area (Å²) >= 11 is 4.35. The highest BCUT2D eigenvalue weighted by atomic mass is 32.1. The van der Waals surface area contributed by atoms with Crippen LogP contribution in [0, 0.1) is 6.92 Å². The molecule has 0 spiro atoms. The summed E-state index contributed by atoms with van der Waals surface area (Å²) in [6, 6.07) is 26.7. The van der Waals surface area contributed by atoms with Gasteiger partial charge in [0, 0.05) is 34.6 Å². The number of rotatable bonds is 8. The molecule has 2 heterocycles. The Morgan fingerprint density at radius 2 is 1.67 bits per heavy atom. The van der Waals surface area contributed by atoms with Crippen LogP contribution in [0.15, 0.2) is 101 Å². The molecule has 5 rings (SSSR count). The van der Waals surface area contributed by atoms with Crippen LogP contribution in [0.3, 0.4) is 0 Å². The molecule has 0 aliphatic rings. The van der Waals surface area contributed by atoms with Gasteiger partial charge < -0.3 is 9.84 Å². The van der Waals surface area contributed by atoms with E-state index in [0.717, 1.165) is 32.8 Å². The molecular formula is C28H25N5O2S. The summed E-state index contributed by atoms with van der Waals surface area (Å²) in [5.74, 6) is 0.505. The SMILES string of the molecule is Cc1onc(-c2ccccc2)c1CNC(=O)[C@H](Cc1ccccc1)n1cc(-c2ccc(S)cc2)nn1. The van der Waals surface area contributed by atoms with Crippen LogP contribution in [0.1, 0.15) is 22.9 Å². The number of aromatic nitrogens is 4. The van der Waals surface area contributed by atoms with Crippen LogP contribution in [0.25, 0.3) is 22.5 Å². The number of carbonyl (C=O) groups is 1. The summed E-state index contributed by atoms with van der Waals surface area (Å²) in [6.07, 6.45) is 2.28. The van der Waals surface area contributed by atoms with E-state index in [1.807, 2.05) is 91.9 Å². The predicted molar refractivity (Wildman–Crippen MR) is 140 cm³/mol. The molecule has 1 amide bonds. The zero-order valence-electron chi connectivity index (χ0n) is 19.7. The van der Waals surface area contributed by atoms with E-state index in [4.69, 9.17) is 4.52 Å². The van der Waals surface area contributed by atoms with Crippen LogP contribution in [-0.4, -0.2) is 26.1 Å². The van der Waals surface area contributed by atoms with Crippen molar-refractivity contribution < 1.29 is 9.32 Å². The fourth-order valence-corrected chi connectivity index (χ4v) is 4.20. The van der Waals surface area contributed by atoms with Gasteiger partial charge in [-0.25, -0.2) is 4.68 Å². The van der Waals surface area contributed by atoms with Crippen molar-refractivity contribution in [2.24, 2.45) is 0 Å². The van der Waals surface area contributed by atoms with Gasteiger partial charge in [-0.05, 0) is 24.6 Å². The van der Waals surface area contributed by atoms with Crippen LogP contribution in [0.4, 0.5) is 0 Å². The molecule has 0 saturated carbocycles. The van der Waals surface area contributed by atoms with Gasteiger partial charge in [-0.1, -0.05) is 83.2 Å². The van der Waals surface area contributed by atoms with Crippen molar-refractivity contribution in [2.45, 2.75) is 30.8 Å². The standard InChI is InChI=1S/C28H25N5O2S/c1-19-24(27(31-35-19)22-10-6-3-7-11-22)17-29-28(34)26(16-20-8-4-2-5-9-20)33-18-25(30-32-33)21-12-14-23(36)15-13-21/h2-15,18,26,36H,16-17H2,1H3,(H,29,34)/t26-/m0/s1. The van der Waals surface area contributed by atoms with Gasteiger partial charge in [0.25, 0.3) is 0 Å². The van der Waals surface area contributed by atoms with Gasteiger partial charge in [-0.2, -0.15) is 0 Å². The summed E-state index contributed by atoms with van der Waals surface area (Å²) in [5.41, 5.74) is 5.14. The highest BCUT2D eigenvalue weighted by molar-refractivity contribution is 7.80. The largest absolute Gasteiger partial charge is 0.361 e. The van der Waals surface area contributed by atoms with Crippen LogP contribution in [0.5, 0.6) is 0 Å². The lowest BCUT2D eigenvalue weighted by atomic mass is 10.0. The fraction of sp³-hybridized carbons (Fsp3) is 0.143. The molecule has 0 aliphatic carbocycles. The highest BCUT2D eigenvalue weighted by Gasteiger charge is 2.24. The molecule has 0 aliphatic heterocycles. The van der Waals surface area contributed by atoms with Crippen LogP contribution in [0.2, 0.25) is 0 Å². The summed E-state index contributed by atoms with van der Waals surface area (Å²) < 4.78 is 7.08. The van der Waals surface area contributed by atoms with Crippen molar-refractivity contribution in [2.75, 3.05) is 0 Å². The van der Waals surface area contributed by atoms with Crippen LogP contribution < -0.4 is 5.32 Å². The molecule has 0 fully saturated rings. The van der Waals surface area contributed by atoms with E-state index >= 15 is 0 Å². The average molecular weight is 496 g/mol. The summed E-state index contributed by atoms with van der Waals surface area (Å²) in [4.78, 5) is 14.4. The Balaban J connectivity index is 1.40. The minimum atomic E-state index is -0.585. The molecule has 2 aromatic heterocycles. The van der Waals surface area contributed by atoms with E-state index in [1.54, 1.807) is 10.9 Å². The minimum absolute atomic E-state index is 0.166. The van der Waals surface area contributed by atoms with Crippen LogP contribution >= 0.6 is 12.6 Å². The summed E-state index contributed by atoms with van der Waals surface area (Å²) in [6.45, 7) is 2.14. The Bertz CT molecular complexity index is 1450. The van der Waals surface area contributed by atoms with Crippen molar-refractivity contribution in [1.29, 1.82) is 0 Å². The first-order valence-electron chi connectivity index (χ1n) is 11.6. The fourth-order valence-electron chi connectivity index (χ4n) is 4.05. The average Bonchev–Trinajstić information content (AvgIpc) is 3.54. The molecule has 0 radical (unpaired) electrons. The molecule has 1 atom stereocenters. The third-order valence-corrected chi connectivity index (χ3v) is 6.34. The van der Waals surface area contributed by atoms with Gasteiger partial charge in [0.15, 0.2) is 0 Å². The highest BCUT2D eigenvalue weighted by Crippen LogP contribution is 2.26. The molecule has 180 valence electrons. The van der Waals surface area contributed by atoms with Gasteiger partial charge in [-0.3, -0.25) is 4.79 Å². The molecule has 3 aromatic carbocycles. The van der Waals surface area contributed by atoms with Crippen molar-refractivity contribution in [3.8, 4) is 22.5 Å². The first-order chi connectivity index (χ1) is 17.6. The van der Waals surface area contributed by atoms with Crippen molar-refractivity contribution in [3.63, 3.8) is 0 Å². The quantitative estimate of drug-likeness (QED) is 0.286. The van der Waals surface area contributed by atoms with Crippen molar-refractivity contribution in [1.82, 2.24) is 25.5 Å². The summed E-state index contributed by atoms with van der Waals surface area (Å²) in [5, 5.41) is 15.9. The number of carbonyl (C=O) groups excluding carboxylic acids is 1. The van der Waals surface area contributed by atoms with Gasteiger partial charge >= 0.3 is 0 Å². The number of hydrogen-bond acceptors (Lipinski definition) is 6. The zero-order chi connectivity index (χ0) is 24.9. The second kappa shape index (κ2) is 10.6. The number of nitrogens with one attached hydrogen (secondary N) is 1. The number of aryl methyl sites for hydroxylation is 1. The van der Waals surface area contributed by atoms with Crippen molar-refractivity contribution in [3.05, 3.63) is 108 Å². The molecule has 1 N–H and O–H groups in total. The number of nitrogens with zero attached hydrogens (tertiary/aromatic N) is 4. The summed E-state index contributed by atoms with van der Waals surface area (Å²) in [7, 11) is 0. The van der Waals surface area contributed by atoms with E-state index in [1.165, 1.54) is 0 Å². The van der Waals surface area contributed by atoms with Gasteiger partial charge in [0.1, 0.15) is 23.2 Å². The number of amides is 1. The molecule has 8 heteroatoms. The third-order valence-electron chi connectivity index (χ3n) is 6.04. The monoisotopic (exact) mass is 495 g/mol. The van der Waals surface area contributed by atoms with Crippen LogP contribution in [-0.2, 0) is 17.8 Å². The third kappa shape index (κ3) is 5.23. The molecule has 0 bridgehead atoms. The van der Waals surface area contributed by atoms with Gasteiger partial charge in [-0.15, -0.1) is 17.7 Å². The van der Waals surface area contributed by atoms with Gasteiger partial charge in [0.05, 0.1) is 6.20 Å². The maximum absolute atomic E-state index is 13.5. The Morgan fingerprint density at radius 1 is 0.972 bits per heavy atom. The Hall–Kier alpha value is -4.17. The number of thiol groups is 1. The molecular weight excluding hydrogens is 470 g/mol. The molecule has 5 aromatic rings. The minimum Gasteiger partial charge on any atom is -0.361 e. The van der Waals surface area contributed by atoms with E-state index < -0.39 is 6.04 Å². The van der Waals surface area contributed by atoms with E-state index in [0.29, 0.717) is 17.9 Å². The molecule has 0 unspecified atom stereocenters. The zero-order valence-corrected chi connectivity index (χ0v) is 20.6. The van der Waals surface area contributed by atoms with Crippen molar-refractivity contribution >= 4 is 18.5 Å². The van der Waals surface area contributed by atoms with E-state index in [2.05, 4.69) is 33.4 Å². The Kier molecular flexibility index (Phi) is 6.95. The lowest BCUT2D eigenvalue weighted by Crippen LogP contribution is -2.34. The molecule has 7 nitrogen and oxygen atoms in total. The maximum Gasteiger partial charge on any atom is 0.245 e. The maximum atomic E-state index is 13.5. The lowest BCUT2D eigenvalue weighted by Gasteiger charge is -2.17. The normalized spacial score (nSPS) is 11.8. The van der Waals surface area contributed by atoms with Gasteiger partial charge in [0.2, 0.25) is 5.91 Å². The lowest BCUT2D eigenvalue weighted by molar-refractivity contribution is -0.124. The Labute approximate surface area is 214 Å². The molecule has 0 saturated heterocycles. The number of hydrogen-bond donors (Lipinski definition) is 2. The molecule has 36 heavy (non-hydrogen) atoms. The first-order valence-corrected chi connectivity index (χ1v) is 12.1. The number of benzene rings is 3. The van der Waals surface area contributed by atoms with E-state index in [-0.39, 0.29) is 12.5 Å². The second-order valence-corrected chi connectivity index (χ2v) is 9.00. The topological polar surface area (TPSA) is 85.8 Å². The Morgan fingerprint density at radius 3 is 2.39 bits per heavy atom. The second-order valence-electron chi connectivity index (χ2n) is 8.49. The van der Waals surface area contributed by atoms with E-state index in [9.17, 15) is 4.79 Å².